The van der Waals surface area contributed by atoms with Gasteiger partial charge >= 0.3 is 0 Å². The fourth-order valence-electron chi connectivity index (χ4n) is 3.42. The zero-order chi connectivity index (χ0) is 18.8. The molecule has 4 rings (SSSR count). The summed E-state index contributed by atoms with van der Waals surface area (Å²) in [5.41, 5.74) is 3.68. The van der Waals surface area contributed by atoms with Crippen molar-refractivity contribution in [2.45, 2.75) is 25.4 Å². The fraction of sp³-hybridized carbons (Fsp3) is 0.190. The lowest BCUT2D eigenvalue weighted by Crippen LogP contribution is -2.35. The molecule has 1 N–H and O–H groups in total. The van der Waals surface area contributed by atoms with Crippen molar-refractivity contribution in [3.05, 3.63) is 86.6 Å². The number of aryl methyl sites for hydroxylation is 1. The average molecular weight is 424 g/mol. The zero-order valence-corrected chi connectivity index (χ0v) is 16.1. The van der Waals surface area contributed by atoms with Gasteiger partial charge in [-0.05, 0) is 42.2 Å². The lowest BCUT2D eigenvalue weighted by Gasteiger charge is -2.14. The summed E-state index contributed by atoms with van der Waals surface area (Å²) in [5.74, 6) is -0.209. The van der Waals surface area contributed by atoms with E-state index in [-0.39, 0.29) is 24.1 Å². The van der Waals surface area contributed by atoms with E-state index in [1.165, 1.54) is 16.3 Å². The lowest BCUT2D eigenvalue weighted by atomic mass is 10.1. The van der Waals surface area contributed by atoms with Gasteiger partial charge in [0, 0.05) is 16.1 Å². The second-order valence-electron chi connectivity index (χ2n) is 6.58. The molecule has 0 saturated carbocycles. The Morgan fingerprint density at radius 3 is 2.70 bits per heavy atom. The van der Waals surface area contributed by atoms with Gasteiger partial charge in [0.15, 0.2) is 0 Å². The molecule has 6 heteroatoms. The van der Waals surface area contributed by atoms with Crippen LogP contribution in [0.3, 0.4) is 0 Å². The third-order valence-corrected chi connectivity index (χ3v) is 5.30. The van der Waals surface area contributed by atoms with Crippen LogP contribution in [-0.4, -0.2) is 15.7 Å². The molecule has 0 spiro atoms. The number of halogens is 1. The number of hydrogen-bond donors (Lipinski definition) is 1. The molecule has 27 heavy (non-hydrogen) atoms. The topological polar surface area (TPSA) is 64.0 Å². The number of nitrogens with zero attached hydrogens (tertiary/aromatic N) is 2. The van der Waals surface area contributed by atoms with Crippen LogP contribution >= 0.6 is 15.9 Å². The summed E-state index contributed by atoms with van der Waals surface area (Å²) >= 11 is 3.40. The van der Waals surface area contributed by atoms with Crippen molar-refractivity contribution < 1.29 is 4.79 Å². The molecule has 3 aromatic rings. The maximum Gasteiger partial charge on any atom is 0.267 e. The van der Waals surface area contributed by atoms with Crippen molar-refractivity contribution >= 4 is 21.8 Å². The van der Waals surface area contributed by atoms with Crippen LogP contribution in [0, 0.1) is 0 Å². The maximum absolute atomic E-state index is 12.5. The SMILES string of the molecule is O=C(Cn1nc(-c2ccc(Br)cc2)ccc1=O)N[C@@H]1CCc2ccccc21. The van der Waals surface area contributed by atoms with Gasteiger partial charge in [0.25, 0.3) is 5.56 Å². The summed E-state index contributed by atoms with van der Waals surface area (Å²) in [6.45, 7) is -0.0954. The van der Waals surface area contributed by atoms with Crippen molar-refractivity contribution in [2.24, 2.45) is 0 Å². The number of carbonyl (C=O) groups excluding carboxylic acids is 1. The minimum atomic E-state index is -0.294. The minimum absolute atomic E-state index is 0.000872. The van der Waals surface area contributed by atoms with E-state index in [2.05, 4.69) is 32.4 Å². The average Bonchev–Trinajstić information content (AvgIpc) is 3.07. The molecule has 0 unspecified atom stereocenters. The third-order valence-electron chi connectivity index (χ3n) is 4.77. The summed E-state index contributed by atoms with van der Waals surface area (Å²) < 4.78 is 2.18. The summed E-state index contributed by atoms with van der Waals surface area (Å²) in [5, 5.41) is 7.39. The van der Waals surface area contributed by atoms with Crippen molar-refractivity contribution in [3.63, 3.8) is 0 Å². The van der Waals surface area contributed by atoms with E-state index < -0.39 is 0 Å². The molecule has 0 fully saturated rings. The highest BCUT2D eigenvalue weighted by Crippen LogP contribution is 2.30. The molecular weight excluding hydrogens is 406 g/mol. The predicted octanol–water partition coefficient (Wildman–Crippen LogP) is 3.48. The molecule has 1 aliphatic rings. The van der Waals surface area contributed by atoms with Gasteiger partial charge in [0.1, 0.15) is 6.54 Å². The minimum Gasteiger partial charge on any atom is -0.348 e. The number of benzene rings is 2. The van der Waals surface area contributed by atoms with Crippen LogP contribution in [0.5, 0.6) is 0 Å². The Bertz CT molecular complexity index is 1040. The first-order valence-corrected chi connectivity index (χ1v) is 9.61. The largest absolute Gasteiger partial charge is 0.348 e. The van der Waals surface area contributed by atoms with Crippen LogP contribution < -0.4 is 10.9 Å². The van der Waals surface area contributed by atoms with Crippen molar-refractivity contribution in [1.29, 1.82) is 0 Å². The van der Waals surface area contributed by atoms with E-state index >= 15 is 0 Å². The van der Waals surface area contributed by atoms with Gasteiger partial charge in [-0.1, -0.05) is 52.3 Å². The van der Waals surface area contributed by atoms with Gasteiger partial charge in [0.05, 0.1) is 11.7 Å². The fourth-order valence-corrected chi connectivity index (χ4v) is 3.68. The van der Waals surface area contributed by atoms with Crippen LogP contribution in [0.4, 0.5) is 0 Å². The van der Waals surface area contributed by atoms with Gasteiger partial charge in [-0.25, -0.2) is 4.68 Å². The first-order chi connectivity index (χ1) is 13.1. The zero-order valence-electron chi connectivity index (χ0n) is 14.6. The van der Waals surface area contributed by atoms with Gasteiger partial charge in [0.2, 0.25) is 5.91 Å². The molecule has 2 aromatic carbocycles. The number of fused-ring (bicyclic) bond motifs is 1. The summed E-state index contributed by atoms with van der Waals surface area (Å²) in [6, 6.07) is 18.9. The number of carbonyl (C=O) groups is 1. The van der Waals surface area contributed by atoms with Gasteiger partial charge < -0.3 is 5.32 Å². The quantitative estimate of drug-likeness (QED) is 0.698. The molecule has 1 amide bonds. The second kappa shape index (κ2) is 7.48. The van der Waals surface area contributed by atoms with Gasteiger partial charge in [-0.3, -0.25) is 9.59 Å². The summed E-state index contributed by atoms with van der Waals surface area (Å²) in [4.78, 5) is 24.6. The van der Waals surface area contributed by atoms with E-state index in [9.17, 15) is 9.59 Å². The molecular formula is C21H18BrN3O2. The Kier molecular flexibility index (Phi) is 4.90. The molecule has 1 aromatic heterocycles. The molecule has 1 heterocycles. The predicted molar refractivity (Wildman–Crippen MR) is 107 cm³/mol. The number of rotatable bonds is 4. The van der Waals surface area contributed by atoms with Gasteiger partial charge in [-0.15, -0.1) is 0 Å². The molecule has 5 nitrogen and oxygen atoms in total. The van der Waals surface area contributed by atoms with Crippen LogP contribution in [0.1, 0.15) is 23.6 Å². The Morgan fingerprint density at radius 1 is 1.11 bits per heavy atom. The van der Waals surface area contributed by atoms with E-state index in [4.69, 9.17) is 0 Å². The third kappa shape index (κ3) is 3.85. The molecule has 0 saturated heterocycles. The summed E-state index contributed by atoms with van der Waals surface area (Å²) in [6.07, 6.45) is 1.84. The highest BCUT2D eigenvalue weighted by atomic mass is 79.9. The number of aromatic nitrogens is 2. The first kappa shape index (κ1) is 17.7. The highest BCUT2D eigenvalue weighted by Gasteiger charge is 2.23. The number of nitrogens with one attached hydrogen (secondary N) is 1. The van der Waals surface area contributed by atoms with Gasteiger partial charge in [-0.2, -0.15) is 5.10 Å². The van der Waals surface area contributed by atoms with Crippen LogP contribution in [0.25, 0.3) is 11.3 Å². The van der Waals surface area contributed by atoms with E-state index in [0.717, 1.165) is 28.4 Å². The van der Waals surface area contributed by atoms with Crippen molar-refractivity contribution in [1.82, 2.24) is 15.1 Å². The monoisotopic (exact) mass is 423 g/mol. The van der Waals surface area contributed by atoms with Crippen molar-refractivity contribution in [3.8, 4) is 11.3 Å². The normalized spacial score (nSPS) is 15.4. The Morgan fingerprint density at radius 2 is 1.89 bits per heavy atom. The Hall–Kier alpha value is -2.73. The lowest BCUT2D eigenvalue weighted by molar-refractivity contribution is -0.122. The van der Waals surface area contributed by atoms with E-state index in [1.54, 1.807) is 6.07 Å². The second-order valence-corrected chi connectivity index (χ2v) is 7.49. The highest BCUT2D eigenvalue weighted by molar-refractivity contribution is 9.10. The Labute approximate surface area is 165 Å². The van der Waals surface area contributed by atoms with Crippen molar-refractivity contribution in [2.75, 3.05) is 0 Å². The smallest absolute Gasteiger partial charge is 0.267 e. The summed E-state index contributed by atoms with van der Waals surface area (Å²) in [7, 11) is 0. The van der Waals surface area contributed by atoms with Crippen LogP contribution in [-0.2, 0) is 17.8 Å². The standard InChI is InChI=1S/C21H18BrN3O2/c22-16-8-5-15(6-9-16)18-11-12-21(27)25(24-18)13-20(26)23-19-10-7-14-3-1-2-4-17(14)19/h1-6,8-9,11-12,19H,7,10,13H2,(H,23,26)/t19-/m1/s1. The molecule has 0 aliphatic heterocycles. The van der Waals surface area contributed by atoms with Crippen LogP contribution in [0.2, 0.25) is 0 Å². The molecule has 1 atom stereocenters. The molecule has 1 aliphatic carbocycles. The molecule has 0 radical (unpaired) electrons. The molecule has 0 bridgehead atoms. The van der Waals surface area contributed by atoms with E-state index in [1.807, 2.05) is 42.5 Å². The number of amides is 1. The van der Waals surface area contributed by atoms with Crippen LogP contribution in [0.15, 0.2) is 69.9 Å². The molecule has 136 valence electrons. The van der Waals surface area contributed by atoms with E-state index in [0.29, 0.717) is 5.69 Å². The Balaban J connectivity index is 1.51. The first-order valence-electron chi connectivity index (χ1n) is 8.81. The number of hydrogen-bond acceptors (Lipinski definition) is 3. The maximum atomic E-state index is 12.5.